The van der Waals surface area contributed by atoms with Gasteiger partial charge in [-0.3, -0.25) is 14.5 Å². The number of hydrogen-bond donors (Lipinski definition) is 1. The SMILES string of the molecule is CC(C)NC(=O)[C@@H]1CN(Cc2cnc(N(C)C)nc2)C[C@H]1C(=O)c1ccccc1. The number of likely N-dealkylation sites (tertiary alicyclic amines) is 1. The number of amides is 1. The lowest BCUT2D eigenvalue weighted by atomic mass is 9.87. The van der Waals surface area contributed by atoms with Crippen LogP contribution in [0.2, 0.25) is 0 Å². The zero-order valence-corrected chi connectivity index (χ0v) is 17.5. The van der Waals surface area contributed by atoms with Gasteiger partial charge >= 0.3 is 0 Å². The van der Waals surface area contributed by atoms with Crippen molar-refractivity contribution in [2.75, 3.05) is 32.1 Å². The van der Waals surface area contributed by atoms with E-state index in [2.05, 4.69) is 20.2 Å². The molecule has 1 saturated heterocycles. The molecule has 1 aromatic heterocycles. The molecular weight excluding hydrogens is 366 g/mol. The van der Waals surface area contributed by atoms with Crippen LogP contribution >= 0.6 is 0 Å². The third kappa shape index (κ3) is 5.17. The van der Waals surface area contributed by atoms with Gasteiger partial charge in [-0.15, -0.1) is 0 Å². The lowest BCUT2D eigenvalue weighted by Gasteiger charge is -2.18. The van der Waals surface area contributed by atoms with Crippen LogP contribution in [0.4, 0.5) is 5.95 Å². The van der Waals surface area contributed by atoms with Crippen LogP contribution in [-0.2, 0) is 11.3 Å². The highest BCUT2D eigenvalue weighted by Gasteiger charge is 2.42. The molecule has 3 rings (SSSR count). The number of nitrogens with zero attached hydrogens (tertiary/aromatic N) is 4. The van der Waals surface area contributed by atoms with Crippen molar-refractivity contribution in [3.8, 4) is 0 Å². The summed E-state index contributed by atoms with van der Waals surface area (Å²) in [6.45, 7) is 5.55. The van der Waals surface area contributed by atoms with Crippen molar-refractivity contribution in [2.45, 2.75) is 26.4 Å². The molecule has 1 aromatic carbocycles. The Hall–Kier alpha value is -2.80. The second-order valence-electron chi connectivity index (χ2n) is 8.09. The molecule has 1 aliphatic rings. The number of hydrogen-bond acceptors (Lipinski definition) is 6. The standard InChI is InChI=1S/C22H29N5O2/c1-15(2)25-21(29)19-14-27(12-16-10-23-22(24-11-16)26(3)4)13-18(19)20(28)17-8-6-5-7-9-17/h5-11,15,18-19H,12-14H2,1-4H3,(H,25,29)/t18-,19-/m1/s1. The highest BCUT2D eigenvalue weighted by molar-refractivity contribution is 6.01. The fourth-order valence-electron chi connectivity index (χ4n) is 3.67. The van der Waals surface area contributed by atoms with E-state index in [0.717, 1.165) is 5.56 Å². The van der Waals surface area contributed by atoms with Crippen molar-refractivity contribution in [3.05, 3.63) is 53.9 Å². The lowest BCUT2D eigenvalue weighted by Crippen LogP contribution is -2.40. The van der Waals surface area contributed by atoms with E-state index in [1.807, 2.05) is 63.2 Å². The Kier molecular flexibility index (Phi) is 6.59. The molecule has 1 fully saturated rings. The first-order chi connectivity index (χ1) is 13.8. The molecule has 2 heterocycles. The summed E-state index contributed by atoms with van der Waals surface area (Å²) < 4.78 is 0. The number of Topliss-reactive ketones (excluding diaryl/α,β-unsaturated/α-hetero) is 1. The first-order valence-electron chi connectivity index (χ1n) is 9.95. The summed E-state index contributed by atoms with van der Waals surface area (Å²) in [5.74, 6) is -0.112. The summed E-state index contributed by atoms with van der Waals surface area (Å²) in [5, 5.41) is 2.98. The Morgan fingerprint density at radius 2 is 1.72 bits per heavy atom. The number of anilines is 1. The van der Waals surface area contributed by atoms with Crippen molar-refractivity contribution in [1.82, 2.24) is 20.2 Å². The van der Waals surface area contributed by atoms with E-state index >= 15 is 0 Å². The third-order valence-electron chi connectivity index (χ3n) is 5.06. The van der Waals surface area contributed by atoms with Crippen LogP contribution < -0.4 is 10.2 Å². The Bertz CT molecular complexity index is 836. The molecule has 154 valence electrons. The van der Waals surface area contributed by atoms with Crippen LogP contribution in [0.3, 0.4) is 0 Å². The second-order valence-corrected chi connectivity index (χ2v) is 8.09. The maximum atomic E-state index is 13.1. The van der Waals surface area contributed by atoms with Crippen molar-refractivity contribution >= 4 is 17.6 Å². The molecule has 0 spiro atoms. The predicted octanol–water partition coefficient (Wildman–Crippen LogP) is 2.00. The van der Waals surface area contributed by atoms with Crippen molar-refractivity contribution in [1.29, 1.82) is 0 Å². The molecule has 29 heavy (non-hydrogen) atoms. The summed E-state index contributed by atoms with van der Waals surface area (Å²) in [6.07, 6.45) is 3.61. The highest BCUT2D eigenvalue weighted by atomic mass is 16.2. The molecule has 7 heteroatoms. The van der Waals surface area contributed by atoms with Crippen LogP contribution in [0.25, 0.3) is 0 Å². The molecule has 1 amide bonds. The average molecular weight is 396 g/mol. The summed E-state index contributed by atoms with van der Waals surface area (Å²) in [6, 6.07) is 9.26. The number of benzene rings is 1. The zero-order valence-electron chi connectivity index (χ0n) is 17.5. The van der Waals surface area contributed by atoms with Gasteiger partial charge in [0.2, 0.25) is 11.9 Å². The van der Waals surface area contributed by atoms with Crippen molar-refractivity contribution in [2.24, 2.45) is 11.8 Å². The van der Waals surface area contributed by atoms with E-state index in [4.69, 9.17) is 0 Å². The number of carbonyl (C=O) groups is 2. The normalized spacial score (nSPS) is 19.3. The summed E-state index contributed by atoms with van der Waals surface area (Å²) in [4.78, 5) is 38.6. The zero-order chi connectivity index (χ0) is 21.0. The summed E-state index contributed by atoms with van der Waals surface area (Å²) in [5.41, 5.74) is 1.62. The molecule has 1 N–H and O–H groups in total. The van der Waals surface area contributed by atoms with E-state index in [1.54, 1.807) is 12.4 Å². The van der Waals surface area contributed by atoms with E-state index in [-0.39, 0.29) is 29.6 Å². The Balaban J connectivity index is 1.76. The minimum atomic E-state index is -0.368. The van der Waals surface area contributed by atoms with Crippen LogP contribution in [-0.4, -0.2) is 59.8 Å². The Labute approximate surface area is 172 Å². The highest BCUT2D eigenvalue weighted by Crippen LogP contribution is 2.28. The number of nitrogens with one attached hydrogen (secondary N) is 1. The van der Waals surface area contributed by atoms with Gasteiger partial charge in [0.1, 0.15) is 0 Å². The largest absolute Gasteiger partial charge is 0.354 e. The van der Waals surface area contributed by atoms with Crippen LogP contribution in [0, 0.1) is 11.8 Å². The van der Waals surface area contributed by atoms with Gasteiger partial charge in [0.25, 0.3) is 0 Å². The molecule has 1 aliphatic heterocycles. The summed E-state index contributed by atoms with van der Waals surface area (Å²) in [7, 11) is 3.79. The van der Waals surface area contributed by atoms with E-state index in [1.165, 1.54) is 0 Å². The maximum Gasteiger partial charge on any atom is 0.225 e. The van der Waals surface area contributed by atoms with E-state index in [0.29, 0.717) is 31.1 Å². The van der Waals surface area contributed by atoms with Crippen molar-refractivity contribution < 1.29 is 9.59 Å². The summed E-state index contributed by atoms with van der Waals surface area (Å²) >= 11 is 0. The number of ketones is 1. The van der Waals surface area contributed by atoms with E-state index < -0.39 is 0 Å². The minimum absolute atomic E-state index is 0.0243. The monoisotopic (exact) mass is 395 g/mol. The molecule has 7 nitrogen and oxygen atoms in total. The molecule has 2 aromatic rings. The quantitative estimate of drug-likeness (QED) is 0.723. The van der Waals surface area contributed by atoms with Crippen LogP contribution in [0.15, 0.2) is 42.7 Å². The molecule has 0 aliphatic carbocycles. The van der Waals surface area contributed by atoms with E-state index in [9.17, 15) is 9.59 Å². The molecular formula is C22H29N5O2. The number of aromatic nitrogens is 2. The minimum Gasteiger partial charge on any atom is -0.354 e. The maximum absolute atomic E-state index is 13.1. The van der Waals surface area contributed by atoms with Gasteiger partial charge in [0, 0.05) is 69.2 Å². The Morgan fingerprint density at radius 1 is 1.10 bits per heavy atom. The molecule has 0 bridgehead atoms. The van der Waals surface area contributed by atoms with Crippen LogP contribution in [0.1, 0.15) is 29.8 Å². The van der Waals surface area contributed by atoms with Gasteiger partial charge in [-0.2, -0.15) is 0 Å². The fraction of sp³-hybridized carbons (Fsp3) is 0.455. The first kappa shape index (κ1) is 20.9. The van der Waals surface area contributed by atoms with Crippen LogP contribution in [0.5, 0.6) is 0 Å². The van der Waals surface area contributed by atoms with Gasteiger partial charge in [-0.1, -0.05) is 30.3 Å². The molecule has 0 unspecified atom stereocenters. The average Bonchev–Trinajstić information content (AvgIpc) is 3.12. The number of rotatable bonds is 7. The third-order valence-corrected chi connectivity index (χ3v) is 5.06. The molecule has 2 atom stereocenters. The topological polar surface area (TPSA) is 78.4 Å². The first-order valence-corrected chi connectivity index (χ1v) is 9.95. The fourth-order valence-corrected chi connectivity index (χ4v) is 3.67. The smallest absolute Gasteiger partial charge is 0.225 e. The predicted molar refractivity (Wildman–Crippen MR) is 113 cm³/mol. The van der Waals surface area contributed by atoms with Gasteiger partial charge in [-0.05, 0) is 13.8 Å². The molecule has 0 saturated carbocycles. The Morgan fingerprint density at radius 3 is 2.31 bits per heavy atom. The van der Waals surface area contributed by atoms with Crippen molar-refractivity contribution in [3.63, 3.8) is 0 Å². The van der Waals surface area contributed by atoms with Gasteiger partial charge in [0.15, 0.2) is 5.78 Å². The number of carbonyl (C=O) groups excluding carboxylic acids is 2. The lowest BCUT2D eigenvalue weighted by molar-refractivity contribution is -0.125. The van der Waals surface area contributed by atoms with Gasteiger partial charge < -0.3 is 10.2 Å². The van der Waals surface area contributed by atoms with Gasteiger partial charge in [0.05, 0.1) is 5.92 Å². The van der Waals surface area contributed by atoms with Gasteiger partial charge in [-0.25, -0.2) is 9.97 Å². The molecule has 0 radical (unpaired) electrons. The second kappa shape index (κ2) is 9.13.